The summed E-state index contributed by atoms with van der Waals surface area (Å²) < 4.78 is 25.3. The lowest BCUT2D eigenvalue weighted by molar-refractivity contribution is -0.134. The van der Waals surface area contributed by atoms with Gasteiger partial charge in [-0.05, 0) is 55.0 Å². The summed E-state index contributed by atoms with van der Waals surface area (Å²) in [4.78, 5) is 12.4. The third-order valence-electron chi connectivity index (χ3n) is 6.94. The van der Waals surface area contributed by atoms with Crippen LogP contribution >= 0.6 is 0 Å². The molecule has 29 heavy (non-hydrogen) atoms. The SMILES string of the molecule is CC1CCC2C(C)(C)C2(Oc2ccccc2OC(=O)CCc2ccc(F)cc2)C1. The minimum absolute atomic E-state index is 0.136. The zero-order valence-electron chi connectivity index (χ0n) is 17.4. The molecule has 0 amide bonds. The number of rotatable bonds is 6. The molecule has 2 aliphatic carbocycles. The van der Waals surface area contributed by atoms with Gasteiger partial charge in [0.15, 0.2) is 11.5 Å². The number of para-hydroxylation sites is 2. The van der Waals surface area contributed by atoms with Crippen molar-refractivity contribution in [1.29, 1.82) is 0 Å². The van der Waals surface area contributed by atoms with E-state index < -0.39 is 0 Å². The Hall–Kier alpha value is -2.36. The fraction of sp³-hybridized carbons (Fsp3) is 0.480. The van der Waals surface area contributed by atoms with Gasteiger partial charge in [0.2, 0.25) is 0 Å². The van der Waals surface area contributed by atoms with E-state index >= 15 is 0 Å². The molecule has 2 saturated carbocycles. The maximum absolute atomic E-state index is 13.0. The second-order valence-electron chi connectivity index (χ2n) is 9.20. The van der Waals surface area contributed by atoms with Gasteiger partial charge in [0.05, 0.1) is 0 Å². The summed E-state index contributed by atoms with van der Waals surface area (Å²) in [5.74, 6) is 1.72. The van der Waals surface area contributed by atoms with Gasteiger partial charge in [0.1, 0.15) is 11.4 Å². The summed E-state index contributed by atoms with van der Waals surface area (Å²) in [7, 11) is 0. The summed E-state index contributed by atoms with van der Waals surface area (Å²) in [6, 6.07) is 13.6. The van der Waals surface area contributed by atoms with E-state index in [1.165, 1.54) is 25.0 Å². The molecule has 2 fully saturated rings. The molecule has 2 aliphatic rings. The molecule has 0 aliphatic heterocycles. The number of carbonyl (C=O) groups excluding carboxylic acids is 1. The third kappa shape index (κ3) is 3.77. The fourth-order valence-electron chi connectivity index (χ4n) is 5.12. The molecule has 0 heterocycles. The van der Waals surface area contributed by atoms with Crippen LogP contribution in [0.3, 0.4) is 0 Å². The minimum atomic E-state index is -0.313. The Morgan fingerprint density at radius 3 is 2.48 bits per heavy atom. The lowest BCUT2D eigenvalue weighted by Gasteiger charge is -2.29. The average Bonchev–Trinajstić information content (AvgIpc) is 3.16. The molecular weight excluding hydrogens is 367 g/mol. The van der Waals surface area contributed by atoms with Gasteiger partial charge in [-0.3, -0.25) is 4.79 Å². The Morgan fingerprint density at radius 1 is 1.07 bits per heavy atom. The van der Waals surface area contributed by atoms with Crippen LogP contribution < -0.4 is 9.47 Å². The van der Waals surface area contributed by atoms with Gasteiger partial charge in [0.25, 0.3) is 0 Å². The van der Waals surface area contributed by atoms with Crippen LogP contribution in [-0.4, -0.2) is 11.6 Å². The van der Waals surface area contributed by atoms with E-state index in [4.69, 9.17) is 9.47 Å². The first-order valence-electron chi connectivity index (χ1n) is 10.5. The Balaban J connectivity index is 1.43. The molecule has 0 N–H and O–H groups in total. The van der Waals surface area contributed by atoms with Crippen molar-refractivity contribution in [2.45, 2.75) is 58.5 Å². The molecule has 0 bridgehead atoms. The zero-order chi connectivity index (χ0) is 20.6. The number of fused-ring (bicyclic) bond motifs is 1. The van der Waals surface area contributed by atoms with E-state index in [0.717, 1.165) is 12.0 Å². The minimum Gasteiger partial charge on any atom is -0.482 e. The summed E-state index contributed by atoms with van der Waals surface area (Å²) in [6.45, 7) is 6.86. The molecule has 3 unspecified atom stereocenters. The highest BCUT2D eigenvalue weighted by atomic mass is 19.1. The molecule has 2 aromatic rings. The number of carbonyl (C=O) groups is 1. The zero-order valence-corrected chi connectivity index (χ0v) is 17.4. The maximum atomic E-state index is 13.0. The van der Waals surface area contributed by atoms with Crippen LogP contribution in [0.2, 0.25) is 0 Å². The van der Waals surface area contributed by atoms with Crippen molar-refractivity contribution >= 4 is 5.97 Å². The fourth-order valence-corrected chi connectivity index (χ4v) is 5.12. The van der Waals surface area contributed by atoms with Crippen molar-refractivity contribution in [3.05, 3.63) is 59.9 Å². The second kappa shape index (κ2) is 7.47. The second-order valence-corrected chi connectivity index (χ2v) is 9.20. The van der Waals surface area contributed by atoms with E-state index in [-0.39, 0.29) is 29.2 Å². The first kappa shape index (κ1) is 19.9. The van der Waals surface area contributed by atoms with E-state index in [9.17, 15) is 9.18 Å². The lowest BCUT2D eigenvalue weighted by atomic mass is 9.88. The van der Waals surface area contributed by atoms with Gasteiger partial charge in [-0.2, -0.15) is 0 Å². The third-order valence-corrected chi connectivity index (χ3v) is 6.94. The molecule has 4 heteroatoms. The van der Waals surface area contributed by atoms with Crippen LogP contribution in [0.5, 0.6) is 11.5 Å². The molecule has 4 rings (SSSR count). The normalized spacial score (nSPS) is 27.0. The lowest BCUT2D eigenvalue weighted by Crippen LogP contribution is -2.31. The van der Waals surface area contributed by atoms with Gasteiger partial charge in [-0.15, -0.1) is 0 Å². The molecule has 0 spiro atoms. The molecule has 154 valence electrons. The predicted molar refractivity (Wildman–Crippen MR) is 110 cm³/mol. The highest BCUT2D eigenvalue weighted by molar-refractivity contribution is 5.73. The number of aryl methyl sites for hydroxylation is 1. The van der Waals surface area contributed by atoms with Crippen molar-refractivity contribution in [1.82, 2.24) is 0 Å². The average molecular weight is 397 g/mol. The molecular formula is C25H29FO3. The number of ether oxygens (including phenoxy) is 2. The van der Waals surface area contributed by atoms with E-state index in [1.807, 2.05) is 18.2 Å². The number of hydrogen-bond acceptors (Lipinski definition) is 3. The molecule has 3 nitrogen and oxygen atoms in total. The van der Waals surface area contributed by atoms with E-state index in [2.05, 4.69) is 20.8 Å². The predicted octanol–water partition coefficient (Wildman–Crippen LogP) is 5.96. The molecule has 0 aromatic heterocycles. The van der Waals surface area contributed by atoms with E-state index in [1.54, 1.807) is 18.2 Å². The summed E-state index contributed by atoms with van der Waals surface area (Å²) in [6.07, 6.45) is 4.22. The van der Waals surface area contributed by atoms with Crippen molar-refractivity contribution < 1.29 is 18.7 Å². The standard InChI is InChI=1S/C25H29FO3/c1-17-8-14-22-24(2,3)25(22,16-17)29-21-7-5-4-6-20(21)28-23(27)15-11-18-9-12-19(26)13-10-18/h4-7,9-10,12-13,17,22H,8,11,14-16H2,1-3H3. The Kier molecular flexibility index (Phi) is 5.14. The summed E-state index contributed by atoms with van der Waals surface area (Å²) >= 11 is 0. The van der Waals surface area contributed by atoms with Crippen molar-refractivity contribution in [2.75, 3.05) is 0 Å². The Bertz CT molecular complexity index is 889. The maximum Gasteiger partial charge on any atom is 0.311 e. The highest BCUT2D eigenvalue weighted by Crippen LogP contribution is 2.70. The number of halogens is 1. The smallest absolute Gasteiger partial charge is 0.311 e. The van der Waals surface area contributed by atoms with Crippen LogP contribution in [0.25, 0.3) is 0 Å². The Labute approximate surface area is 172 Å². The number of hydrogen-bond donors (Lipinski definition) is 0. The molecule has 2 aromatic carbocycles. The van der Waals surface area contributed by atoms with Gasteiger partial charge in [-0.25, -0.2) is 4.39 Å². The molecule has 0 saturated heterocycles. The van der Waals surface area contributed by atoms with Crippen LogP contribution in [0, 0.1) is 23.1 Å². The summed E-state index contributed by atoms with van der Waals surface area (Å²) in [5, 5.41) is 0. The van der Waals surface area contributed by atoms with Crippen molar-refractivity contribution in [3.63, 3.8) is 0 Å². The molecule has 3 atom stereocenters. The van der Waals surface area contributed by atoms with Gasteiger partial charge >= 0.3 is 5.97 Å². The van der Waals surface area contributed by atoms with Crippen LogP contribution in [-0.2, 0) is 11.2 Å². The van der Waals surface area contributed by atoms with Crippen LogP contribution in [0.4, 0.5) is 4.39 Å². The highest BCUT2D eigenvalue weighted by Gasteiger charge is 2.74. The Morgan fingerprint density at radius 2 is 1.76 bits per heavy atom. The monoisotopic (exact) mass is 396 g/mol. The van der Waals surface area contributed by atoms with Crippen LogP contribution in [0.15, 0.2) is 48.5 Å². The van der Waals surface area contributed by atoms with Gasteiger partial charge in [0, 0.05) is 17.8 Å². The summed E-state index contributed by atoms with van der Waals surface area (Å²) in [5.41, 5.74) is 0.879. The first-order valence-corrected chi connectivity index (χ1v) is 10.5. The number of benzene rings is 2. The van der Waals surface area contributed by atoms with Crippen molar-refractivity contribution in [2.24, 2.45) is 17.3 Å². The number of esters is 1. The van der Waals surface area contributed by atoms with Crippen LogP contribution in [0.1, 0.15) is 52.0 Å². The van der Waals surface area contributed by atoms with Gasteiger partial charge < -0.3 is 9.47 Å². The van der Waals surface area contributed by atoms with E-state index in [0.29, 0.717) is 29.8 Å². The first-order chi connectivity index (χ1) is 13.8. The van der Waals surface area contributed by atoms with Gasteiger partial charge in [-0.1, -0.05) is 51.5 Å². The van der Waals surface area contributed by atoms with Crippen molar-refractivity contribution in [3.8, 4) is 11.5 Å². The largest absolute Gasteiger partial charge is 0.482 e. The topological polar surface area (TPSA) is 35.5 Å². The molecule has 0 radical (unpaired) electrons. The quantitative estimate of drug-likeness (QED) is 0.447.